The highest BCUT2D eigenvalue weighted by atomic mass is 16.7. The molecule has 2 heterocycles. The van der Waals surface area contributed by atoms with E-state index in [2.05, 4.69) is 6.58 Å². The first kappa shape index (κ1) is 8.75. The number of carbonyl (C=O) groups is 1. The lowest BCUT2D eigenvalue weighted by molar-refractivity contribution is -0.345. The Labute approximate surface area is 77.7 Å². The van der Waals surface area contributed by atoms with E-state index in [1.165, 1.54) is 0 Å². The van der Waals surface area contributed by atoms with Crippen LogP contribution in [0, 0.1) is 0 Å². The smallest absolute Gasteiger partial charge is 0.335 e. The van der Waals surface area contributed by atoms with Gasteiger partial charge in [-0.05, 0) is 19.8 Å². The predicted molar refractivity (Wildman–Crippen MR) is 47.0 cm³/mol. The first-order valence-electron chi connectivity index (χ1n) is 4.68. The molecule has 3 heteroatoms. The van der Waals surface area contributed by atoms with Crippen molar-refractivity contribution < 1.29 is 14.3 Å². The van der Waals surface area contributed by atoms with Gasteiger partial charge >= 0.3 is 5.97 Å². The standard InChI is InChI=1S/C10H14O3/c1-7(2)9(11)13-10-5-3-4-8(6-10)12-10/h8H,1,3-6H2,2H3. The molecule has 72 valence electrons. The number of esters is 1. The monoisotopic (exact) mass is 182 g/mol. The molecule has 13 heavy (non-hydrogen) atoms. The molecule has 0 aromatic heterocycles. The van der Waals surface area contributed by atoms with E-state index >= 15 is 0 Å². The second kappa shape index (κ2) is 2.84. The fourth-order valence-corrected chi connectivity index (χ4v) is 1.93. The van der Waals surface area contributed by atoms with E-state index in [1.54, 1.807) is 6.92 Å². The van der Waals surface area contributed by atoms with Gasteiger partial charge < -0.3 is 9.47 Å². The van der Waals surface area contributed by atoms with Crippen LogP contribution in [0.1, 0.15) is 32.6 Å². The lowest BCUT2D eigenvalue weighted by Crippen LogP contribution is -2.56. The van der Waals surface area contributed by atoms with Crippen LogP contribution in [0.4, 0.5) is 0 Å². The zero-order chi connectivity index (χ0) is 9.47. The molecule has 3 nitrogen and oxygen atoms in total. The SMILES string of the molecule is C=C(C)C(=O)OC12CCCC(C1)O2. The van der Waals surface area contributed by atoms with Crippen LogP contribution in [0.2, 0.25) is 0 Å². The van der Waals surface area contributed by atoms with Crippen LogP contribution in [-0.2, 0) is 14.3 Å². The van der Waals surface area contributed by atoms with Crippen molar-refractivity contribution in [1.29, 1.82) is 0 Å². The summed E-state index contributed by atoms with van der Waals surface area (Å²) in [5, 5.41) is 0. The molecule has 3 rings (SSSR count). The summed E-state index contributed by atoms with van der Waals surface area (Å²) in [4.78, 5) is 11.2. The van der Waals surface area contributed by atoms with Crippen LogP contribution in [0.3, 0.4) is 0 Å². The van der Waals surface area contributed by atoms with Gasteiger partial charge in [-0.1, -0.05) is 6.58 Å². The summed E-state index contributed by atoms with van der Waals surface area (Å²) < 4.78 is 10.7. The Bertz CT molecular complexity index is 245. The third-order valence-corrected chi connectivity index (χ3v) is 2.63. The van der Waals surface area contributed by atoms with Gasteiger partial charge in [-0.15, -0.1) is 0 Å². The lowest BCUT2D eigenvalue weighted by Gasteiger charge is -2.50. The van der Waals surface area contributed by atoms with Gasteiger partial charge in [0.1, 0.15) is 0 Å². The summed E-state index contributed by atoms with van der Waals surface area (Å²) in [5.41, 5.74) is 0.437. The summed E-state index contributed by atoms with van der Waals surface area (Å²) in [7, 11) is 0. The number of hydrogen-bond acceptors (Lipinski definition) is 3. The van der Waals surface area contributed by atoms with E-state index in [0.717, 1.165) is 25.7 Å². The van der Waals surface area contributed by atoms with E-state index in [4.69, 9.17) is 9.47 Å². The van der Waals surface area contributed by atoms with Gasteiger partial charge in [0.25, 0.3) is 0 Å². The Balaban J connectivity index is 1.94. The van der Waals surface area contributed by atoms with Crippen LogP contribution in [-0.4, -0.2) is 17.9 Å². The van der Waals surface area contributed by atoms with Crippen LogP contribution < -0.4 is 0 Å². The van der Waals surface area contributed by atoms with Crippen molar-refractivity contribution in [2.24, 2.45) is 0 Å². The summed E-state index contributed by atoms with van der Waals surface area (Å²) in [6.45, 7) is 5.19. The maximum Gasteiger partial charge on any atom is 0.335 e. The third kappa shape index (κ3) is 1.48. The van der Waals surface area contributed by atoms with Crippen LogP contribution in [0.25, 0.3) is 0 Å². The quantitative estimate of drug-likeness (QED) is 0.482. The topological polar surface area (TPSA) is 35.5 Å². The van der Waals surface area contributed by atoms with Crippen molar-refractivity contribution in [3.63, 3.8) is 0 Å². The highest BCUT2D eigenvalue weighted by Gasteiger charge is 2.51. The Morgan fingerprint density at radius 2 is 2.38 bits per heavy atom. The van der Waals surface area contributed by atoms with Crippen molar-refractivity contribution in [1.82, 2.24) is 0 Å². The zero-order valence-electron chi connectivity index (χ0n) is 7.84. The number of fused-ring (bicyclic) bond motifs is 2. The maximum absolute atomic E-state index is 11.2. The Kier molecular flexibility index (Phi) is 1.91. The second-order valence-electron chi connectivity index (χ2n) is 3.92. The van der Waals surface area contributed by atoms with Gasteiger partial charge in [-0.2, -0.15) is 0 Å². The molecular weight excluding hydrogens is 168 g/mol. The van der Waals surface area contributed by atoms with E-state index in [1.807, 2.05) is 0 Å². The van der Waals surface area contributed by atoms with E-state index in [0.29, 0.717) is 11.7 Å². The lowest BCUT2D eigenvalue weighted by atomic mass is 9.85. The van der Waals surface area contributed by atoms with Crippen molar-refractivity contribution >= 4 is 5.97 Å². The predicted octanol–water partition coefficient (Wildman–Crippen LogP) is 1.77. The zero-order valence-corrected chi connectivity index (χ0v) is 7.84. The van der Waals surface area contributed by atoms with Crippen LogP contribution >= 0.6 is 0 Å². The number of ether oxygens (including phenoxy) is 2. The van der Waals surface area contributed by atoms with Crippen molar-refractivity contribution in [3.05, 3.63) is 12.2 Å². The molecule has 0 N–H and O–H groups in total. The summed E-state index contributed by atoms with van der Waals surface area (Å²) in [6.07, 6.45) is 4.22. The molecule has 2 bridgehead atoms. The highest BCUT2D eigenvalue weighted by Crippen LogP contribution is 2.45. The average Bonchev–Trinajstić information content (AvgIpc) is 2.03. The Hall–Kier alpha value is -0.830. The fraction of sp³-hybridized carbons (Fsp3) is 0.700. The number of hydrogen-bond donors (Lipinski definition) is 0. The van der Waals surface area contributed by atoms with Gasteiger partial charge in [-0.25, -0.2) is 4.79 Å². The minimum absolute atomic E-state index is 0.326. The molecule has 0 spiro atoms. The molecule has 2 saturated heterocycles. The molecule has 2 aliphatic heterocycles. The fourth-order valence-electron chi connectivity index (χ4n) is 1.93. The Morgan fingerprint density at radius 3 is 2.85 bits per heavy atom. The first-order valence-corrected chi connectivity index (χ1v) is 4.68. The minimum Gasteiger partial charge on any atom is -0.430 e. The van der Waals surface area contributed by atoms with E-state index in [-0.39, 0.29) is 5.97 Å². The number of carbonyl (C=O) groups excluding carboxylic acids is 1. The van der Waals surface area contributed by atoms with Gasteiger partial charge in [0.15, 0.2) is 0 Å². The molecule has 0 aromatic rings. The molecule has 2 unspecified atom stereocenters. The first-order chi connectivity index (χ1) is 6.11. The molecule has 3 fully saturated rings. The van der Waals surface area contributed by atoms with Crippen LogP contribution in [0.15, 0.2) is 12.2 Å². The van der Waals surface area contributed by atoms with Gasteiger partial charge in [-0.3, -0.25) is 0 Å². The molecule has 1 saturated carbocycles. The molecule has 0 amide bonds. The van der Waals surface area contributed by atoms with Gasteiger partial charge in [0, 0.05) is 18.4 Å². The van der Waals surface area contributed by atoms with E-state index < -0.39 is 5.79 Å². The molecule has 1 aliphatic carbocycles. The maximum atomic E-state index is 11.2. The normalized spacial score (nSPS) is 36.2. The summed E-state index contributed by atoms with van der Waals surface area (Å²) in [6, 6.07) is 0. The van der Waals surface area contributed by atoms with Crippen LogP contribution in [0.5, 0.6) is 0 Å². The molecule has 0 aromatic carbocycles. The van der Waals surface area contributed by atoms with Crippen molar-refractivity contribution in [2.45, 2.75) is 44.5 Å². The molecular formula is C10H14O3. The number of rotatable bonds is 2. The third-order valence-electron chi connectivity index (χ3n) is 2.63. The van der Waals surface area contributed by atoms with Crippen molar-refractivity contribution in [2.75, 3.05) is 0 Å². The average molecular weight is 182 g/mol. The second-order valence-corrected chi connectivity index (χ2v) is 3.92. The Morgan fingerprint density at radius 1 is 1.69 bits per heavy atom. The van der Waals surface area contributed by atoms with Gasteiger partial charge in [0.2, 0.25) is 5.79 Å². The minimum atomic E-state index is -0.584. The molecule has 0 radical (unpaired) electrons. The molecule has 2 atom stereocenters. The van der Waals surface area contributed by atoms with Crippen molar-refractivity contribution in [3.8, 4) is 0 Å². The summed E-state index contributed by atoms with van der Waals surface area (Å²) in [5.74, 6) is -0.917. The largest absolute Gasteiger partial charge is 0.430 e. The van der Waals surface area contributed by atoms with E-state index in [9.17, 15) is 4.79 Å². The molecule has 3 aliphatic rings. The highest BCUT2D eigenvalue weighted by molar-refractivity contribution is 5.87. The summed E-state index contributed by atoms with van der Waals surface area (Å²) >= 11 is 0. The van der Waals surface area contributed by atoms with Gasteiger partial charge in [0.05, 0.1) is 6.10 Å².